The fraction of sp³-hybridized carbons (Fsp3) is 0.423. The Morgan fingerprint density at radius 3 is 2.36 bits per heavy atom. The molecule has 36 heavy (non-hydrogen) atoms. The van der Waals surface area contributed by atoms with Gasteiger partial charge in [0.1, 0.15) is 10.9 Å². The highest BCUT2D eigenvalue weighted by Gasteiger charge is 2.40. The first-order chi connectivity index (χ1) is 17.1. The molecule has 0 bridgehead atoms. The van der Waals surface area contributed by atoms with E-state index in [9.17, 15) is 22.8 Å². The molecule has 3 amide bonds. The highest BCUT2D eigenvalue weighted by atomic mass is 35.5. The van der Waals surface area contributed by atoms with E-state index < -0.39 is 22.0 Å². The van der Waals surface area contributed by atoms with Crippen LogP contribution in [0.15, 0.2) is 53.4 Å². The summed E-state index contributed by atoms with van der Waals surface area (Å²) in [6, 6.07) is 12.4. The van der Waals surface area contributed by atoms with Crippen LogP contribution >= 0.6 is 11.6 Å². The lowest BCUT2D eigenvalue weighted by atomic mass is 10.1. The predicted molar refractivity (Wildman–Crippen MR) is 138 cm³/mol. The van der Waals surface area contributed by atoms with E-state index in [0.717, 1.165) is 10.7 Å². The van der Waals surface area contributed by atoms with Gasteiger partial charge in [0.25, 0.3) is 15.9 Å². The first kappa shape index (κ1) is 27.7. The van der Waals surface area contributed by atoms with Crippen molar-refractivity contribution in [3.63, 3.8) is 0 Å². The first-order valence-corrected chi connectivity index (χ1v) is 13.9. The quantitative estimate of drug-likeness (QED) is 0.470. The molecule has 1 aliphatic heterocycles. The molecule has 0 aromatic heterocycles. The second-order valence-corrected chi connectivity index (χ2v) is 11.1. The molecule has 1 heterocycles. The number of amides is 3. The van der Waals surface area contributed by atoms with E-state index in [2.05, 4.69) is 5.32 Å². The first-order valence-electron chi connectivity index (χ1n) is 12.1. The molecule has 2 aromatic rings. The molecule has 3 rings (SSSR count). The maximum Gasteiger partial charge on any atom is 0.269 e. The van der Waals surface area contributed by atoms with E-state index in [1.807, 2.05) is 26.8 Å². The highest BCUT2D eigenvalue weighted by molar-refractivity contribution is 7.90. The fourth-order valence-electron chi connectivity index (χ4n) is 4.14. The van der Waals surface area contributed by atoms with E-state index >= 15 is 0 Å². The van der Waals surface area contributed by atoms with Gasteiger partial charge in [-0.3, -0.25) is 14.4 Å². The molecule has 0 radical (unpaired) electrons. The molecule has 0 saturated carbocycles. The number of hydrogen-bond donors (Lipinski definition) is 1. The van der Waals surface area contributed by atoms with Crippen molar-refractivity contribution in [2.24, 2.45) is 0 Å². The Balaban J connectivity index is 1.76. The lowest BCUT2D eigenvalue weighted by molar-refractivity contribution is -0.141. The molecule has 0 aliphatic carbocycles. The van der Waals surface area contributed by atoms with Crippen molar-refractivity contribution in [2.75, 3.05) is 6.54 Å². The van der Waals surface area contributed by atoms with Crippen molar-refractivity contribution in [3.05, 3.63) is 64.7 Å². The van der Waals surface area contributed by atoms with Crippen molar-refractivity contribution < 1.29 is 22.8 Å². The summed E-state index contributed by atoms with van der Waals surface area (Å²) in [5.74, 6) is -1.16. The third kappa shape index (κ3) is 5.90. The standard InChI is InChI=1S/C26H32ClN3O5S/c1-4-18(3)28-25(32)22(5-2)29(17-19-11-6-8-13-21(19)27)24(31)15-10-16-30-26(33)20-12-7-9-14-23(20)36(30,34)35/h6-9,11-14,18,22H,4-5,10,15-17H2,1-3H3,(H,28,32). The second-order valence-electron chi connectivity index (χ2n) is 8.84. The lowest BCUT2D eigenvalue weighted by Gasteiger charge is -2.32. The maximum atomic E-state index is 13.4. The number of rotatable bonds is 11. The van der Waals surface area contributed by atoms with Crippen LogP contribution in [0.25, 0.3) is 0 Å². The summed E-state index contributed by atoms with van der Waals surface area (Å²) < 4.78 is 26.4. The maximum absolute atomic E-state index is 13.4. The summed E-state index contributed by atoms with van der Waals surface area (Å²) in [5, 5.41) is 3.43. The van der Waals surface area contributed by atoms with Crippen LogP contribution in [0.5, 0.6) is 0 Å². The fourth-order valence-corrected chi connectivity index (χ4v) is 5.94. The van der Waals surface area contributed by atoms with Gasteiger partial charge in [0.2, 0.25) is 11.8 Å². The Kier molecular flexibility index (Phi) is 9.13. The number of fused-ring (bicyclic) bond motifs is 1. The summed E-state index contributed by atoms with van der Waals surface area (Å²) in [7, 11) is -3.94. The molecule has 2 unspecified atom stereocenters. The SMILES string of the molecule is CCC(C)NC(=O)C(CC)N(Cc1ccccc1Cl)C(=O)CCCN1C(=O)c2ccccc2S1(=O)=O. The van der Waals surface area contributed by atoms with Crippen LogP contribution in [0.1, 0.15) is 62.4 Å². The number of sulfonamides is 1. The largest absolute Gasteiger partial charge is 0.352 e. The minimum Gasteiger partial charge on any atom is -0.352 e. The molecule has 2 atom stereocenters. The predicted octanol–water partition coefficient (Wildman–Crippen LogP) is 3.99. The molecule has 2 aromatic carbocycles. The van der Waals surface area contributed by atoms with E-state index in [4.69, 9.17) is 11.6 Å². The minimum absolute atomic E-state index is 0.0190. The molecule has 1 N–H and O–H groups in total. The Labute approximate surface area is 217 Å². The Morgan fingerprint density at radius 1 is 1.06 bits per heavy atom. The summed E-state index contributed by atoms with van der Waals surface area (Å²) in [5.41, 5.74) is 0.840. The van der Waals surface area contributed by atoms with Gasteiger partial charge in [0.05, 0.1) is 5.56 Å². The van der Waals surface area contributed by atoms with Crippen LogP contribution < -0.4 is 5.32 Å². The van der Waals surface area contributed by atoms with Gasteiger partial charge < -0.3 is 10.2 Å². The van der Waals surface area contributed by atoms with Crippen LogP contribution in [0.2, 0.25) is 5.02 Å². The molecular formula is C26H32ClN3O5S. The average molecular weight is 534 g/mol. The number of hydrogen-bond acceptors (Lipinski definition) is 5. The van der Waals surface area contributed by atoms with Crippen molar-refractivity contribution in [1.29, 1.82) is 0 Å². The van der Waals surface area contributed by atoms with Crippen LogP contribution in [0, 0.1) is 0 Å². The third-order valence-corrected chi connectivity index (χ3v) is 8.56. The molecule has 0 fully saturated rings. The number of nitrogens with one attached hydrogen (secondary N) is 1. The lowest BCUT2D eigenvalue weighted by Crippen LogP contribution is -2.50. The summed E-state index contributed by atoms with van der Waals surface area (Å²) in [6.45, 7) is 5.70. The molecular weight excluding hydrogens is 502 g/mol. The zero-order valence-electron chi connectivity index (χ0n) is 20.7. The normalized spacial score (nSPS) is 15.8. The van der Waals surface area contributed by atoms with Crippen LogP contribution in [-0.2, 0) is 26.2 Å². The van der Waals surface area contributed by atoms with Crippen LogP contribution in [-0.4, -0.2) is 54.0 Å². The van der Waals surface area contributed by atoms with Gasteiger partial charge in [-0.05, 0) is 49.9 Å². The summed E-state index contributed by atoms with van der Waals surface area (Å²) >= 11 is 6.34. The van der Waals surface area contributed by atoms with Gasteiger partial charge in [0.15, 0.2) is 0 Å². The van der Waals surface area contributed by atoms with Crippen molar-refractivity contribution in [3.8, 4) is 0 Å². The molecule has 10 heteroatoms. The Hall–Kier alpha value is -2.91. The Morgan fingerprint density at radius 2 is 1.72 bits per heavy atom. The minimum atomic E-state index is -3.94. The average Bonchev–Trinajstić information content (AvgIpc) is 3.05. The number of halogens is 1. The highest BCUT2D eigenvalue weighted by Crippen LogP contribution is 2.30. The van der Waals surface area contributed by atoms with E-state index in [-0.39, 0.29) is 54.2 Å². The van der Waals surface area contributed by atoms with E-state index in [1.165, 1.54) is 17.0 Å². The van der Waals surface area contributed by atoms with Gasteiger partial charge in [-0.2, -0.15) is 0 Å². The molecule has 1 aliphatic rings. The van der Waals surface area contributed by atoms with Crippen molar-refractivity contribution in [2.45, 2.75) is 70.0 Å². The second kappa shape index (κ2) is 11.9. The summed E-state index contributed by atoms with van der Waals surface area (Å²) in [4.78, 5) is 40.6. The molecule has 8 nitrogen and oxygen atoms in total. The Bertz CT molecular complexity index is 1230. The summed E-state index contributed by atoms with van der Waals surface area (Å²) in [6.07, 6.45) is 1.24. The monoisotopic (exact) mass is 533 g/mol. The van der Waals surface area contributed by atoms with Crippen molar-refractivity contribution in [1.82, 2.24) is 14.5 Å². The van der Waals surface area contributed by atoms with Gasteiger partial charge in [-0.15, -0.1) is 0 Å². The number of carbonyl (C=O) groups excluding carboxylic acids is 3. The van der Waals surface area contributed by atoms with E-state index in [1.54, 1.807) is 30.3 Å². The van der Waals surface area contributed by atoms with Gasteiger partial charge in [-0.25, -0.2) is 12.7 Å². The molecule has 0 saturated heterocycles. The zero-order chi connectivity index (χ0) is 26.5. The van der Waals surface area contributed by atoms with Gasteiger partial charge >= 0.3 is 0 Å². The topological polar surface area (TPSA) is 104 Å². The van der Waals surface area contributed by atoms with Gasteiger partial charge in [-0.1, -0.05) is 55.8 Å². The number of benzene rings is 2. The smallest absolute Gasteiger partial charge is 0.269 e. The van der Waals surface area contributed by atoms with E-state index in [0.29, 0.717) is 17.0 Å². The van der Waals surface area contributed by atoms with Gasteiger partial charge in [0, 0.05) is 30.6 Å². The van der Waals surface area contributed by atoms with Crippen LogP contribution in [0.4, 0.5) is 0 Å². The van der Waals surface area contributed by atoms with Crippen LogP contribution in [0.3, 0.4) is 0 Å². The number of carbonyl (C=O) groups is 3. The molecule has 194 valence electrons. The third-order valence-electron chi connectivity index (χ3n) is 6.35. The number of nitrogens with zero attached hydrogens (tertiary/aromatic N) is 2. The van der Waals surface area contributed by atoms with Crippen molar-refractivity contribution >= 4 is 39.3 Å². The zero-order valence-corrected chi connectivity index (χ0v) is 22.3. The molecule has 0 spiro atoms.